The highest BCUT2D eigenvalue weighted by atomic mass is 35.5. The van der Waals surface area contributed by atoms with Crippen LogP contribution < -0.4 is 10.1 Å². The molecule has 0 aliphatic heterocycles. The van der Waals surface area contributed by atoms with Crippen LogP contribution in [0.3, 0.4) is 0 Å². The van der Waals surface area contributed by atoms with E-state index in [4.69, 9.17) is 16.3 Å². The molecule has 0 amide bonds. The molecule has 1 N–H and O–H groups in total. The van der Waals surface area contributed by atoms with E-state index in [1.165, 1.54) is 0 Å². The van der Waals surface area contributed by atoms with Crippen LogP contribution in [0.2, 0.25) is 5.02 Å². The molecular formula is C17H15ClN2O. The Hall–Kier alpha value is -2.10. The largest absolute Gasteiger partial charge is 0.454 e. The lowest BCUT2D eigenvalue weighted by Crippen LogP contribution is -2.06. The van der Waals surface area contributed by atoms with Crippen LogP contribution in [0.5, 0.6) is 11.5 Å². The number of halogens is 1. The van der Waals surface area contributed by atoms with E-state index in [0.717, 1.165) is 16.5 Å². The second kappa shape index (κ2) is 6.12. The Morgan fingerprint density at radius 3 is 2.86 bits per heavy atom. The molecule has 0 saturated heterocycles. The molecule has 21 heavy (non-hydrogen) atoms. The molecular weight excluding hydrogens is 284 g/mol. The van der Waals surface area contributed by atoms with Gasteiger partial charge in [-0.15, -0.1) is 0 Å². The van der Waals surface area contributed by atoms with Gasteiger partial charge in [0, 0.05) is 17.5 Å². The summed E-state index contributed by atoms with van der Waals surface area (Å²) >= 11 is 6.26. The highest BCUT2D eigenvalue weighted by Gasteiger charge is 2.09. The third kappa shape index (κ3) is 2.99. The smallest absolute Gasteiger partial charge is 0.150 e. The molecule has 1 aromatic heterocycles. The summed E-state index contributed by atoms with van der Waals surface area (Å²) in [4.78, 5) is 4.40. The van der Waals surface area contributed by atoms with Crippen LogP contribution in [0.1, 0.15) is 5.56 Å². The van der Waals surface area contributed by atoms with Gasteiger partial charge in [-0.05, 0) is 25.2 Å². The Bertz CT molecular complexity index is 774. The molecule has 0 aliphatic rings. The van der Waals surface area contributed by atoms with Gasteiger partial charge >= 0.3 is 0 Å². The Balaban J connectivity index is 1.98. The van der Waals surface area contributed by atoms with Gasteiger partial charge in [0.25, 0.3) is 0 Å². The van der Waals surface area contributed by atoms with E-state index in [1.807, 2.05) is 55.6 Å². The van der Waals surface area contributed by atoms with Gasteiger partial charge in [0.15, 0.2) is 5.75 Å². The highest BCUT2D eigenvalue weighted by Crippen LogP contribution is 2.33. The summed E-state index contributed by atoms with van der Waals surface area (Å²) in [5.74, 6) is 1.35. The lowest BCUT2D eigenvalue weighted by Gasteiger charge is -2.12. The predicted octanol–water partition coefficient (Wildman–Crippen LogP) is 4.40. The predicted molar refractivity (Wildman–Crippen MR) is 86.0 cm³/mol. The van der Waals surface area contributed by atoms with Crippen molar-refractivity contribution >= 4 is 22.5 Å². The third-order valence-electron chi connectivity index (χ3n) is 3.20. The molecule has 106 valence electrons. The van der Waals surface area contributed by atoms with Crippen molar-refractivity contribution in [3.05, 3.63) is 65.3 Å². The highest BCUT2D eigenvalue weighted by molar-refractivity contribution is 6.32. The number of para-hydroxylation sites is 2. The van der Waals surface area contributed by atoms with E-state index >= 15 is 0 Å². The van der Waals surface area contributed by atoms with Gasteiger partial charge in [0.2, 0.25) is 0 Å². The van der Waals surface area contributed by atoms with Crippen molar-refractivity contribution in [3.63, 3.8) is 0 Å². The second-order valence-electron chi connectivity index (χ2n) is 4.72. The van der Waals surface area contributed by atoms with Crippen LogP contribution in [-0.4, -0.2) is 12.0 Å². The normalized spacial score (nSPS) is 10.8. The minimum absolute atomic E-state index is 0.593. The van der Waals surface area contributed by atoms with E-state index in [1.54, 1.807) is 6.20 Å². The topological polar surface area (TPSA) is 34.1 Å². The monoisotopic (exact) mass is 298 g/mol. The Labute approximate surface area is 128 Å². The first-order valence-corrected chi connectivity index (χ1v) is 7.10. The zero-order valence-corrected chi connectivity index (χ0v) is 12.4. The number of benzene rings is 2. The van der Waals surface area contributed by atoms with Crippen molar-refractivity contribution in [2.45, 2.75) is 6.54 Å². The maximum absolute atomic E-state index is 6.26. The van der Waals surface area contributed by atoms with Gasteiger partial charge < -0.3 is 10.1 Å². The molecule has 0 unspecified atom stereocenters. The minimum Gasteiger partial charge on any atom is -0.454 e. The van der Waals surface area contributed by atoms with Gasteiger partial charge in [-0.25, -0.2) is 0 Å². The van der Waals surface area contributed by atoms with Crippen molar-refractivity contribution in [3.8, 4) is 11.5 Å². The fourth-order valence-electron chi connectivity index (χ4n) is 2.22. The lowest BCUT2D eigenvalue weighted by atomic mass is 10.2. The van der Waals surface area contributed by atoms with Crippen LogP contribution >= 0.6 is 11.6 Å². The summed E-state index contributed by atoms with van der Waals surface area (Å²) in [5.41, 5.74) is 1.96. The number of fused-ring (bicyclic) bond motifs is 1. The van der Waals surface area contributed by atoms with Crippen molar-refractivity contribution < 1.29 is 4.74 Å². The van der Waals surface area contributed by atoms with E-state index in [2.05, 4.69) is 10.3 Å². The number of hydrogen-bond donors (Lipinski definition) is 1. The SMILES string of the molecule is CNCc1cccc(Cl)c1Oc1cnc2ccccc2c1. The summed E-state index contributed by atoms with van der Waals surface area (Å²) < 4.78 is 5.97. The van der Waals surface area contributed by atoms with Crippen LogP contribution in [0.15, 0.2) is 54.7 Å². The maximum Gasteiger partial charge on any atom is 0.150 e. The molecule has 0 aliphatic carbocycles. The number of hydrogen-bond acceptors (Lipinski definition) is 3. The average Bonchev–Trinajstić information content (AvgIpc) is 2.51. The number of pyridine rings is 1. The Kier molecular flexibility index (Phi) is 4.04. The second-order valence-corrected chi connectivity index (χ2v) is 5.13. The number of nitrogens with zero attached hydrogens (tertiary/aromatic N) is 1. The molecule has 3 nitrogen and oxygen atoms in total. The fourth-order valence-corrected chi connectivity index (χ4v) is 2.45. The van der Waals surface area contributed by atoms with Gasteiger partial charge in [0.05, 0.1) is 16.7 Å². The van der Waals surface area contributed by atoms with Gasteiger partial charge in [0.1, 0.15) is 5.75 Å². The molecule has 0 atom stereocenters. The van der Waals surface area contributed by atoms with Crippen LogP contribution in [0, 0.1) is 0 Å². The van der Waals surface area contributed by atoms with Crippen LogP contribution in [0.25, 0.3) is 10.9 Å². The first-order chi connectivity index (χ1) is 10.3. The summed E-state index contributed by atoms with van der Waals surface area (Å²) in [6.45, 7) is 0.691. The Morgan fingerprint density at radius 1 is 1.14 bits per heavy atom. The van der Waals surface area contributed by atoms with Crippen molar-refractivity contribution in [1.82, 2.24) is 10.3 Å². The molecule has 3 aromatic rings. The lowest BCUT2D eigenvalue weighted by molar-refractivity contribution is 0.473. The van der Waals surface area contributed by atoms with Gasteiger partial charge in [-0.2, -0.15) is 0 Å². The molecule has 3 rings (SSSR count). The molecule has 0 fully saturated rings. The van der Waals surface area contributed by atoms with E-state index < -0.39 is 0 Å². The molecule has 0 spiro atoms. The van der Waals surface area contributed by atoms with Crippen molar-refractivity contribution in [1.29, 1.82) is 0 Å². The zero-order valence-electron chi connectivity index (χ0n) is 11.6. The Morgan fingerprint density at radius 2 is 2.00 bits per heavy atom. The van der Waals surface area contributed by atoms with E-state index in [9.17, 15) is 0 Å². The average molecular weight is 299 g/mol. The quantitative estimate of drug-likeness (QED) is 0.775. The zero-order chi connectivity index (χ0) is 14.7. The maximum atomic E-state index is 6.26. The van der Waals surface area contributed by atoms with Crippen molar-refractivity contribution in [2.24, 2.45) is 0 Å². The molecule has 1 heterocycles. The minimum atomic E-state index is 0.593. The number of nitrogens with one attached hydrogen (secondary N) is 1. The number of ether oxygens (including phenoxy) is 1. The first kappa shape index (κ1) is 13.9. The number of rotatable bonds is 4. The van der Waals surface area contributed by atoms with Crippen LogP contribution in [-0.2, 0) is 6.54 Å². The number of aromatic nitrogens is 1. The summed E-state index contributed by atoms with van der Waals surface area (Å²) in [7, 11) is 1.89. The molecule has 2 aromatic carbocycles. The van der Waals surface area contributed by atoms with Crippen LogP contribution in [0.4, 0.5) is 0 Å². The van der Waals surface area contributed by atoms with E-state index in [0.29, 0.717) is 23.1 Å². The summed E-state index contributed by atoms with van der Waals surface area (Å²) in [6, 6.07) is 15.6. The van der Waals surface area contributed by atoms with E-state index in [-0.39, 0.29) is 0 Å². The van der Waals surface area contributed by atoms with Gasteiger partial charge in [-0.3, -0.25) is 4.98 Å². The molecule has 0 radical (unpaired) electrons. The summed E-state index contributed by atoms with van der Waals surface area (Å²) in [5, 5.41) is 4.75. The fraction of sp³-hybridized carbons (Fsp3) is 0.118. The molecule has 4 heteroatoms. The molecule has 0 bridgehead atoms. The standard InChI is InChI=1S/C17H15ClN2O/c1-19-10-13-6-4-7-15(18)17(13)21-14-9-12-5-2-3-8-16(12)20-11-14/h2-9,11,19H,10H2,1H3. The molecule has 0 saturated carbocycles. The van der Waals surface area contributed by atoms with Crippen molar-refractivity contribution in [2.75, 3.05) is 7.05 Å². The summed E-state index contributed by atoms with van der Waals surface area (Å²) in [6.07, 6.45) is 1.72. The first-order valence-electron chi connectivity index (χ1n) is 6.72. The van der Waals surface area contributed by atoms with Gasteiger partial charge in [-0.1, -0.05) is 41.9 Å². The third-order valence-corrected chi connectivity index (χ3v) is 3.50.